The first-order valence-corrected chi connectivity index (χ1v) is 10.0. The van der Waals surface area contributed by atoms with E-state index < -0.39 is 0 Å². The highest BCUT2D eigenvalue weighted by atomic mass is 127. The van der Waals surface area contributed by atoms with Gasteiger partial charge in [-0.05, 0) is 24.5 Å². The topological polar surface area (TPSA) is 57.2 Å². The Balaban J connectivity index is 0.00000225. The number of hydrogen-bond acceptors (Lipinski definition) is 3. The van der Waals surface area contributed by atoms with Crippen LogP contribution in [0.5, 0.6) is 0 Å². The Morgan fingerprint density at radius 1 is 1.36 bits per heavy atom. The lowest BCUT2D eigenvalue weighted by Gasteiger charge is -2.39. The number of likely N-dealkylation sites (tertiary alicyclic amines) is 1. The van der Waals surface area contributed by atoms with Crippen molar-refractivity contribution in [1.82, 2.24) is 10.2 Å². The molecule has 0 spiro atoms. The van der Waals surface area contributed by atoms with E-state index >= 15 is 0 Å². The van der Waals surface area contributed by atoms with Crippen molar-refractivity contribution in [2.75, 3.05) is 51.3 Å². The lowest BCUT2D eigenvalue weighted by molar-refractivity contribution is -0.127. The van der Waals surface area contributed by atoms with Crippen LogP contribution >= 0.6 is 24.0 Å². The average molecular weight is 498 g/mol. The first-order chi connectivity index (χ1) is 13.1. The molecule has 1 aromatic carbocycles. The summed E-state index contributed by atoms with van der Waals surface area (Å²) in [6, 6.07) is 8.60. The summed E-state index contributed by atoms with van der Waals surface area (Å²) in [6.45, 7) is 7.40. The smallest absolute Gasteiger partial charge is 0.222 e. The molecule has 0 aromatic heterocycles. The molecule has 0 aliphatic carbocycles. The number of rotatable bonds is 5. The molecule has 4 rings (SSSR count). The molecule has 0 radical (unpaired) electrons. The Bertz CT molecular complexity index is 735. The van der Waals surface area contributed by atoms with Gasteiger partial charge >= 0.3 is 0 Å². The molecule has 1 aromatic rings. The van der Waals surface area contributed by atoms with Gasteiger partial charge < -0.3 is 19.9 Å². The van der Waals surface area contributed by atoms with Gasteiger partial charge in [-0.25, -0.2) is 0 Å². The SMILES string of the molecule is CN=C(NCC1(C)COC1)N1CC(CCN2CCCC2=O)c2ccccc21.I. The van der Waals surface area contributed by atoms with Crippen molar-refractivity contribution in [3.05, 3.63) is 29.8 Å². The van der Waals surface area contributed by atoms with Crippen molar-refractivity contribution < 1.29 is 9.53 Å². The van der Waals surface area contributed by atoms with E-state index in [9.17, 15) is 4.79 Å². The van der Waals surface area contributed by atoms with Crippen LogP contribution in [0.25, 0.3) is 0 Å². The van der Waals surface area contributed by atoms with E-state index in [2.05, 4.69) is 46.4 Å². The third-order valence-electron chi connectivity index (χ3n) is 6.03. The Morgan fingerprint density at radius 2 is 2.14 bits per heavy atom. The number of para-hydroxylation sites is 1. The molecular formula is C21H31IN4O2. The van der Waals surface area contributed by atoms with Crippen molar-refractivity contribution in [3.63, 3.8) is 0 Å². The number of benzene rings is 1. The predicted molar refractivity (Wildman–Crippen MR) is 123 cm³/mol. The van der Waals surface area contributed by atoms with Gasteiger partial charge in [0.25, 0.3) is 0 Å². The highest BCUT2D eigenvalue weighted by Crippen LogP contribution is 2.38. The molecule has 0 bridgehead atoms. The van der Waals surface area contributed by atoms with Crippen LogP contribution in [0.3, 0.4) is 0 Å². The zero-order chi connectivity index (χ0) is 18.9. The first kappa shape index (κ1) is 21.4. The fourth-order valence-corrected chi connectivity index (χ4v) is 4.34. The van der Waals surface area contributed by atoms with Crippen LogP contribution in [-0.4, -0.2) is 63.2 Å². The number of amides is 1. The molecule has 1 unspecified atom stereocenters. The van der Waals surface area contributed by atoms with Gasteiger partial charge in [-0.3, -0.25) is 9.79 Å². The van der Waals surface area contributed by atoms with Crippen LogP contribution in [0.2, 0.25) is 0 Å². The van der Waals surface area contributed by atoms with Gasteiger partial charge in [0.15, 0.2) is 5.96 Å². The van der Waals surface area contributed by atoms with Gasteiger partial charge in [-0.2, -0.15) is 0 Å². The van der Waals surface area contributed by atoms with Crippen LogP contribution in [0, 0.1) is 5.41 Å². The van der Waals surface area contributed by atoms with E-state index in [0.29, 0.717) is 18.2 Å². The fourth-order valence-electron chi connectivity index (χ4n) is 4.34. The van der Waals surface area contributed by atoms with Crippen molar-refractivity contribution in [2.24, 2.45) is 10.4 Å². The summed E-state index contributed by atoms with van der Waals surface area (Å²) >= 11 is 0. The Morgan fingerprint density at radius 3 is 2.79 bits per heavy atom. The molecule has 0 saturated carbocycles. The molecule has 3 heterocycles. The second-order valence-corrected chi connectivity index (χ2v) is 8.34. The van der Waals surface area contributed by atoms with Crippen molar-refractivity contribution >= 4 is 41.5 Å². The lowest BCUT2D eigenvalue weighted by atomic mass is 9.89. The van der Waals surface area contributed by atoms with Crippen molar-refractivity contribution in [3.8, 4) is 0 Å². The molecule has 2 fully saturated rings. The number of nitrogens with zero attached hydrogens (tertiary/aromatic N) is 3. The summed E-state index contributed by atoms with van der Waals surface area (Å²) in [5.74, 6) is 1.66. The number of aliphatic imine (C=N–C) groups is 1. The predicted octanol–water partition coefficient (Wildman–Crippen LogP) is 2.83. The molecule has 6 nitrogen and oxygen atoms in total. The van der Waals surface area contributed by atoms with Crippen LogP contribution in [0.1, 0.15) is 37.7 Å². The van der Waals surface area contributed by atoms with E-state index in [4.69, 9.17) is 4.74 Å². The van der Waals surface area contributed by atoms with E-state index in [1.54, 1.807) is 0 Å². The summed E-state index contributed by atoms with van der Waals surface area (Å²) < 4.78 is 5.37. The quantitative estimate of drug-likeness (QED) is 0.386. The van der Waals surface area contributed by atoms with Gasteiger partial charge in [0.1, 0.15) is 0 Å². The van der Waals surface area contributed by atoms with Crippen LogP contribution in [0.15, 0.2) is 29.3 Å². The van der Waals surface area contributed by atoms with Crippen LogP contribution in [0.4, 0.5) is 5.69 Å². The second kappa shape index (κ2) is 8.98. The van der Waals surface area contributed by atoms with Crippen molar-refractivity contribution in [1.29, 1.82) is 0 Å². The number of nitrogens with one attached hydrogen (secondary N) is 1. The molecule has 28 heavy (non-hydrogen) atoms. The van der Waals surface area contributed by atoms with Gasteiger partial charge in [-0.15, -0.1) is 24.0 Å². The number of guanidine groups is 1. The minimum absolute atomic E-state index is 0. The second-order valence-electron chi connectivity index (χ2n) is 8.34. The molecule has 154 valence electrons. The molecule has 1 amide bonds. The summed E-state index contributed by atoms with van der Waals surface area (Å²) in [4.78, 5) is 20.8. The monoisotopic (exact) mass is 498 g/mol. The lowest BCUT2D eigenvalue weighted by Crippen LogP contribution is -2.51. The number of halogens is 1. The summed E-state index contributed by atoms with van der Waals surface area (Å²) in [5, 5.41) is 3.55. The maximum atomic E-state index is 11.9. The highest BCUT2D eigenvalue weighted by Gasteiger charge is 2.36. The molecule has 3 aliphatic heterocycles. The minimum Gasteiger partial charge on any atom is -0.380 e. The van der Waals surface area contributed by atoms with Gasteiger partial charge in [0.05, 0.1) is 13.2 Å². The number of anilines is 1. The van der Waals surface area contributed by atoms with Gasteiger partial charge in [-0.1, -0.05) is 25.1 Å². The van der Waals surface area contributed by atoms with E-state index in [0.717, 1.165) is 58.2 Å². The zero-order valence-electron chi connectivity index (χ0n) is 16.8. The highest BCUT2D eigenvalue weighted by molar-refractivity contribution is 14.0. The summed E-state index contributed by atoms with van der Waals surface area (Å²) in [5.41, 5.74) is 2.80. The normalized spacial score (nSPS) is 23.3. The number of carbonyl (C=O) groups excluding carboxylic acids is 1. The molecular weight excluding hydrogens is 467 g/mol. The molecule has 1 atom stereocenters. The third-order valence-corrected chi connectivity index (χ3v) is 6.03. The molecule has 2 saturated heterocycles. The van der Waals surface area contributed by atoms with E-state index in [1.807, 2.05) is 11.9 Å². The number of hydrogen-bond donors (Lipinski definition) is 1. The van der Waals surface area contributed by atoms with E-state index in [-0.39, 0.29) is 29.4 Å². The number of carbonyl (C=O) groups is 1. The molecule has 7 heteroatoms. The van der Waals surface area contributed by atoms with Crippen molar-refractivity contribution in [2.45, 2.75) is 32.1 Å². The Labute approximate surface area is 184 Å². The Kier molecular flexibility index (Phi) is 6.85. The number of ether oxygens (including phenoxy) is 1. The van der Waals surface area contributed by atoms with Crippen LogP contribution < -0.4 is 10.2 Å². The Hall–Kier alpha value is -1.35. The molecule has 1 N–H and O–H groups in total. The molecule has 3 aliphatic rings. The third kappa shape index (κ3) is 4.30. The van der Waals surface area contributed by atoms with Gasteiger partial charge in [0.2, 0.25) is 5.91 Å². The minimum atomic E-state index is 0. The first-order valence-electron chi connectivity index (χ1n) is 10.0. The standard InChI is InChI=1S/C21H30N4O2.HI/c1-21(14-27-15-21)13-23-20(22-2)25-12-16(17-6-3-4-7-18(17)25)9-11-24-10-5-8-19(24)26;/h3-4,6-7,16H,5,8-15H2,1-2H3,(H,22,23);1H. The average Bonchev–Trinajstić information content (AvgIpc) is 3.23. The summed E-state index contributed by atoms with van der Waals surface area (Å²) in [7, 11) is 1.85. The van der Waals surface area contributed by atoms with E-state index in [1.165, 1.54) is 11.3 Å². The summed E-state index contributed by atoms with van der Waals surface area (Å²) in [6.07, 6.45) is 2.72. The van der Waals surface area contributed by atoms with Gasteiger partial charge in [0, 0.05) is 56.7 Å². The largest absolute Gasteiger partial charge is 0.380 e. The fraction of sp³-hybridized carbons (Fsp3) is 0.619. The number of fused-ring (bicyclic) bond motifs is 1. The van der Waals surface area contributed by atoms with Crippen LogP contribution in [-0.2, 0) is 9.53 Å². The maximum absolute atomic E-state index is 11.9. The maximum Gasteiger partial charge on any atom is 0.222 e. The zero-order valence-corrected chi connectivity index (χ0v) is 19.1.